The van der Waals surface area contributed by atoms with Gasteiger partial charge in [-0.1, -0.05) is 6.92 Å². The van der Waals surface area contributed by atoms with Crippen LogP contribution in [0, 0.1) is 16.0 Å². The number of nitrogens with one attached hydrogen (secondary N) is 1. The van der Waals surface area contributed by atoms with Gasteiger partial charge in [0.15, 0.2) is 0 Å². The van der Waals surface area contributed by atoms with Crippen molar-refractivity contribution < 1.29 is 19.6 Å². The molecule has 0 aliphatic carbocycles. The Morgan fingerprint density at radius 1 is 1.33 bits per heavy atom. The van der Waals surface area contributed by atoms with Gasteiger partial charge in [0.05, 0.1) is 16.9 Å². The Hall–Kier alpha value is -2.44. The standard InChI is InChI=1S/C14H18N2O5/c1-9(8-12(17)18)13(19)15-14(2,3)10-4-6-11(7-5-10)16(20)21/h4-7,9H,8H2,1-3H3,(H,15,19)(H,17,18). The van der Waals surface area contributed by atoms with Crippen molar-refractivity contribution in [2.45, 2.75) is 32.7 Å². The monoisotopic (exact) mass is 294 g/mol. The molecular formula is C14H18N2O5. The summed E-state index contributed by atoms with van der Waals surface area (Å²) >= 11 is 0. The predicted octanol–water partition coefficient (Wildman–Crippen LogP) is 2.06. The van der Waals surface area contributed by atoms with Gasteiger partial charge in [0, 0.05) is 18.1 Å². The van der Waals surface area contributed by atoms with Gasteiger partial charge in [-0.2, -0.15) is 0 Å². The molecule has 0 aliphatic rings. The molecule has 0 aromatic heterocycles. The number of carbonyl (C=O) groups excluding carboxylic acids is 1. The number of rotatable bonds is 6. The lowest BCUT2D eigenvalue weighted by atomic mass is 9.93. The second-order valence-electron chi connectivity index (χ2n) is 5.42. The number of nitro groups is 1. The third kappa shape index (κ3) is 4.55. The van der Waals surface area contributed by atoms with E-state index in [0.717, 1.165) is 0 Å². The zero-order chi connectivity index (χ0) is 16.2. The number of carboxylic acid groups (broad SMARTS) is 1. The SMILES string of the molecule is CC(CC(=O)O)C(=O)NC(C)(C)c1ccc([N+](=O)[O-])cc1. The van der Waals surface area contributed by atoms with Crippen LogP contribution in [0.15, 0.2) is 24.3 Å². The van der Waals surface area contributed by atoms with Crippen LogP contribution < -0.4 is 5.32 Å². The zero-order valence-corrected chi connectivity index (χ0v) is 12.1. The number of hydrogen-bond acceptors (Lipinski definition) is 4. The first-order valence-electron chi connectivity index (χ1n) is 6.42. The van der Waals surface area contributed by atoms with Crippen LogP contribution in [0.1, 0.15) is 32.8 Å². The van der Waals surface area contributed by atoms with Crippen LogP contribution >= 0.6 is 0 Å². The minimum atomic E-state index is -1.04. The van der Waals surface area contributed by atoms with E-state index in [0.29, 0.717) is 5.56 Å². The first kappa shape index (κ1) is 16.6. The molecule has 7 nitrogen and oxygen atoms in total. The third-order valence-corrected chi connectivity index (χ3v) is 3.16. The van der Waals surface area contributed by atoms with Crippen LogP contribution in [-0.4, -0.2) is 21.9 Å². The molecule has 21 heavy (non-hydrogen) atoms. The molecule has 0 heterocycles. The summed E-state index contributed by atoms with van der Waals surface area (Å²) < 4.78 is 0. The summed E-state index contributed by atoms with van der Waals surface area (Å²) in [4.78, 5) is 32.7. The number of carbonyl (C=O) groups is 2. The molecule has 1 amide bonds. The van der Waals surface area contributed by atoms with Crippen LogP contribution in [0.3, 0.4) is 0 Å². The fourth-order valence-corrected chi connectivity index (χ4v) is 1.86. The molecular weight excluding hydrogens is 276 g/mol. The minimum absolute atomic E-state index is 0.0277. The highest BCUT2D eigenvalue weighted by Gasteiger charge is 2.26. The summed E-state index contributed by atoms with van der Waals surface area (Å²) in [5, 5.41) is 22.1. The van der Waals surface area contributed by atoms with Gasteiger partial charge in [-0.05, 0) is 31.5 Å². The number of non-ortho nitro benzene ring substituents is 1. The Morgan fingerprint density at radius 2 is 1.86 bits per heavy atom. The Morgan fingerprint density at radius 3 is 2.29 bits per heavy atom. The van der Waals surface area contributed by atoms with Crippen LogP contribution in [0.2, 0.25) is 0 Å². The van der Waals surface area contributed by atoms with E-state index in [2.05, 4.69) is 5.32 Å². The number of amides is 1. The molecule has 0 saturated carbocycles. The van der Waals surface area contributed by atoms with Crippen LogP contribution in [0.5, 0.6) is 0 Å². The number of aliphatic carboxylic acids is 1. The molecule has 0 spiro atoms. The smallest absolute Gasteiger partial charge is 0.304 e. The summed E-state index contributed by atoms with van der Waals surface area (Å²) in [6.07, 6.45) is -0.248. The molecule has 1 rings (SSSR count). The number of benzene rings is 1. The fraction of sp³-hybridized carbons (Fsp3) is 0.429. The van der Waals surface area contributed by atoms with E-state index in [4.69, 9.17) is 5.11 Å². The molecule has 7 heteroatoms. The van der Waals surface area contributed by atoms with E-state index in [-0.39, 0.29) is 18.0 Å². The maximum Gasteiger partial charge on any atom is 0.304 e. The van der Waals surface area contributed by atoms with E-state index in [9.17, 15) is 19.7 Å². The highest BCUT2D eigenvalue weighted by molar-refractivity contribution is 5.83. The average molecular weight is 294 g/mol. The van der Waals surface area contributed by atoms with Crippen molar-refractivity contribution in [3.05, 3.63) is 39.9 Å². The second-order valence-corrected chi connectivity index (χ2v) is 5.42. The Labute approximate surface area is 122 Å². The number of nitro benzene ring substituents is 1. The summed E-state index contributed by atoms with van der Waals surface area (Å²) in [5.41, 5.74) is -0.0806. The highest BCUT2D eigenvalue weighted by Crippen LogP contribution is 2.23. The lowest BCUT2D eigenvalue weighted by Crippen LogP contribution is -2.43. The first-order valence-corrected chi connectivity index (χ1v) is 6.42. The van der Waals surface area contributed by atoms with Crippen LogP contribution in [-0.2, 0) is 15.1 Å². The Bertz CT molecular complexity index is 551. The fourth-order valence-electron chi connectivity index (χ4n) is 1.86. The van der Waals surface area contributed by atoms with Gasteiger partial charge >= 0.3 is 5.97 Å². The summed E-state index contributed by atoms with van der Waals surface area (Å²) in [6, 6.07) is 5.87. The van der Waals surface area contributed by atoms with E-state index in [1.54, 1.807) is 26.0 Å². The lowest BCUT2D eigenvalue weighted by molar-refractivity contribution is -0.384. The first-order chi connectivity index (χ1) is 9.63. The molecule has 0 fully saturated rings. The Kier molecular flexibility index (Phi) is 5.02. The number of carboxylic acids is 1. The maximum absolute atomic E-state index is 12.0. The number of nitrogens with zero attached hydrogens (tertiary/aromatic N) is 1. The van der Waals surface area contributed by atoms with Crippen molar-refractivity contribution >= 4 is 17.6 Å². The lowest BCUT2D eigenvalue weighted by Gasteiger charge is -2.28. The normalized spacial score (nSPS) is 12.5. The molecule has 0 aliphatic heterocycles. The second kappa shape index (κ2) is 6.34. The molecule has 114 valence electrons. The maximum atomic E-state index is 12.0. The largest absolute Gasteiger partial charge is 0.481 e. The molecule has 1 atom stereocenters. The van der Waals surface area contributed by atoms with Gasteiger partial charge in [0.2, 0.25) is 5.91 Å². The van der Waals surface area contributed by atoms with E-state index >= 15 is 0 Å². The van der Waals surface area contributed by atoms with Gasteiger partial charge in [-0.25, -0.2) is 0 Å². The molecule has 1 aromatic rings. The van der Waals surface area contributed by atoms with E-state index in [1.807, 2.05) is 0 Å². The summed E-state index contributed by atoms with van der Waals surface area (Å²) in [7, 11) is 0. The average Bonchev–Trinajstić information content (AvgIpc) is 2.37. The highest BCUT2D eigenvalue weighted by atomic mass is 16.6. The molecule has 1 aromatic carbocycles. The molecule has 2 N–H and O–H groups in total. The van der Waals surface area contributed by atoms with Crippen molar-refractivity contribution in [3.8, 4) is 0 Å². The van der Waals surface area contributed by atoms with Crippen LogP contribution in [0.4, 0.5) is 5.69 Å². The quantitative estimate of drug-likeness (QED) is 0.616. The van der Waals surface area contributed by atoms with Gasteiger partial charge < -0.3 is 10.4 Å². The zero-order valence-electron chi connectivity index (χ0n) is 12.1. The summed E-state index contributed by atoms with van der Waals surface area (Å²) in [5.74, 6) is -2.06. The molecule has 0 bridgehead atoms. The summed E-state index contributed by atoms with van der Waals surface area (Å²) in [6.45, 7) is 5.04. The predicted molar refractivity (Wildman–Crippen MR) is 75.7 cm³/mol. The van der Waals surface area contributed by atoms with Gasteiger partial charge in [-0.3, -0.25) is 19.7 Å². The van der Waals surface area contributed by atoms with Crippen molar-refractivity contribution in [2.24, 2.45) is 5.92 Å². The molecule has 1 unspecified atom stereocenters. The van der Waals surface area contributed by atoms with Crippen LogP contribution in [0.25, 0.3) is 0 Å². The van der Waals surface area contributed by atoms with Crippen molar-refractivity contribution in [1.29, 1.82) is 0 Å². The molecule has 0 saturated heterocycles. The van der Waals surface area contributed by atoms with Gasteiger partial charge in [-0.15, -0.1) is 0 Å². The molecule has 0 radical (unpaired) electrons. The van der Waals surface area contributed by atoms with Crippen molar-refractivity contribution in [1.82, 2.24) is 5.32 Å². The van der Waals surface area contributed by atoms with Crippen molar-refractivity contribution in [2.75, 3.05) is 0 Å². The van der Waals surface area contributed by atoms with Gasteiger partial charge in [0.1, 0.15) is 0 Å². The van der Waals surface area contributed by atoms with E-state index < -0.39 is 22.3 Å². The van der Waals surface area contributed by atoms with E-state index in [1.165, 1.54) is 19.1 Å². The van der Waals surface area contributed by atoms with Crippen molar-refractivity contribution in [3.63, 3.8) is 0 Å². The van der Waals surface area contributed by atoms with Gasteiger partial charge in [0.25, 0.3) is 5.69 Å². The topological polar surface area (TPSA) is 110 Å². The Balaban J connectivity index is 2.83. The third-order valence-electron chi connectivity index (χ3n) is 3.16. The number of hydrogen-bond donors (Lipinski definition) is 2. The minimum Gasteiger partial charge on any atom is -0.481 e.